The van der Waals surface area contributed by atoms with E-state index in [2.05, 4.69) is 61.6 Å². The lowest BCUT2D eigenvalue weighted by molar-refractivity contribution is 0.0695. The van der Waals surface area contributed by atoms with Gasteiger partial charge in [-0.2, -0.15) is 0 Å². The molecule has 0 aliphatic heterocycles. The van der Waals surface area contributed by atoms with Crippen molar-refractivity contribution in [2.45, 2.75) is 32.7 Å². The fraction of sp³-hybridized carbons (Fsp3) is 0.364. The largest absolute Gasteiger partial charge is 0.477 e. The van der Waals surface area contributed by atoms with Gasteiger partial charge in [0.1, 0.15) is 5.56 Å². The highest BCUT2D eigenvalue weighted by atomic mass is 16.4. The van der Waals surface area contributed by atoms with Gasteiger partial charge in [0.25, 0.3) is 5.56 Å². The quantitative estimate of drug-likeness (QED) is 0.708. The monoisotopic (exact) mass is 381 g/mol. The molecule has 3 aromatic rings. The zero-order valence-corrected chi connectivity index (χ0v) is 17.3. The maximum Gasteiger partial charge on any atom is 0.341 e. The number of nitrogens with one attached hydrogen (secondary N) is 1. The zero-order valence-electron chi connectivity index (χ0n) is 17.3. The lowest BCUT2D eigenvalue weighted by Gasteiger charge is -2.33. The van der Waals surface area contributed by atoms with Gasteiger partial charge in [-0.05, 0) is 69.8 Å². The summed E-state index contributed by atoms with van der Waals surface area (Å²) in [6.07, 6.45) is 0.623. The van der Waals surface area contributed by atoms with Crippen molar-refractivity contribution in [2.75, 3.05) is 14.1 Å². The first-order valence-electron chi connectivity index (χ1n) is 9.35. The number of H-pyrrole nitrogens is 1. The number of aryl methyl sites for hydroxylation is 2. The summed E-state index contributed by atoms with van der Waals surface area (Å²) in [5.41, 5.74) is 3.71. The summed E-state index contributed by atoms with van der Waals surface area (Å²) in [6.45, 7) is 6.31. The number of carboxylic acids is 1. The number of nitrogens with zero attached hydrogens (tertiary/aromatic N) is 2. The lowest BCUT2D eigenvalue weighted by Crippen LogP contribution is -2.36. The lowest BCUT2D eigenvalue weighted by atomic mass is 9.98. The summed E-state index contributed by atoms with van der Waals surface area (Å²) in [5.74, 6) is -1.21. The van der Waals surface area contributed by atoms with Gasteiger partial charge in [-0.15, -0.1) is 0 Å². The van der Waals surface area contributed by atoms with E-state index in [-0.39, 0.29) is 11.1 Å². The Hall–Kier alpha value is -2.86. The molecule has 6 nitrogen and oxygen atoms in total. The number of aromatic carboxylic acids is 1. The van der Waals surface area contributed by atoms with Gasteiger partial charge in [0.05, 0.1) is 11.2 Å². The molecule has 1 aromatic carbocycles. The summed E-state index contributed by atoms with van der Waals surface area (Å²) in [7, 11) is 6.18. The van der Waals surface area contributed by atoms with E-state index in [1.54, 1.807) is 0 Å². The average Bonchev–Trinajstić information content (AvgIpc) is 2.97. The molecule has 148 valence electrons. The molecular formula is C22H27N3O3. The Balaban J connectivity index is 2.20. The second kappa shape index (κ2) is 6.95. The van der Waals surface area contributed by atoms with E-state index >= 15 is 0 Å². The van der Waals surface area contributed by atoms with E-state index in [1.807, 2.05) is 19.1 Å². The number of rotatable bonds is 5. The van der Waals surface area contributed by atoms with Crippen LogP contribution in [-0.4, -0.2) is 39.6 Å². The van der Waals surface area contributed by atoms with Crippen molar-refractivity contribution in [3.8, 4) is 11.3 Å². The van der Waals surface area contributed by atoms with Gasteiger partial charge in [-0.25, -0.2) is 4.79 Å². The number of fused-ring (bicyclic) bond motifs is 1. The van der Waals surface area contributed by atoms with Gasteiger partial charge in [0, 0.05) is 23.6 Å². The first-order valence-corrected chi connectivity index (χ1v) is 9.35. The number of aromatic nitrogens is 2. The fourth-order valence-corrected chi connectivity index (χ4v) is 3.59. The first kappa shape index (κ1) is 19.9. The van der Waals surface area contributed by atoms with Crippen LogP contribution in [0, 0.1) is 0 Å². The molecule has 0 amide bonds. The van der Waals surface area contributed by atoms with E-state index in [0.29, 0.717) is 12.1 Å². The van der Waals surface area contributed by atoms with Gasteiger partial charge in [-0.1, -0.05) is 13.0 Å². The van der Waals surface area contributed by atoms with Gasteiger partial charge in [0.15, 0.2) is 0 Å². The maximum atomic E-state index is 12.2. The summed E-state index contributed by atoms with van der Waals surface area (Å²) < 4.78 is 2.19. The van der Waals surface area contributed by atoms with Crippen molar-refractivity contribution in [1.82, 2.24) is 14.5 Å². The molecule has 0 atom stereocenters. The topological polar surface area (TPSA) is 78.3 Å². The molecule has 0 radical (unpaired) electrons. The molecule has 0 fully saturated rings. The molecule has 0 bridgehead atoms. The van der Waals surface area contributed by atoms with E-state index in [9.17, 15) is 14.7 Å². The number of benzene rings is 1. The van der Waals surface area contributed by atoms with Crippen LogP contribution in [0.25, 0.3) is 22.2 Å². The van der Waals surface area contributed by atoms with Crippen molar-refractivity contribution in [3.05, 3.63) is 57.5 Å². The standard InChI is InChI=1S/C22H27N3O3/c1-7-13-11-16(21(27)28)20(26)23-19(13)14-8-9-17-15(10-14)12-18(25(17)6)22(2,3)24(4)5/h8-12H,7H2,1-6H3,(H,23,26)(H,27,28). The van der Waals surface area contributed by atoms with Crippen LogP contribution in [0.3, 0.4) is 0 Å². The Kier molecular flexibility index (Phi) is 4.93. The molecule has 0 aliphatic carbocycles. The van der Waals surface area contributed by atoms with Crippen LogP contribution in [0.4, 0.5) is 0 Å². The number of hydrogen-bond acceptors (Lipinski definition) is 3. The highest BCUT2D eigenvalue weighted by Gasteiger charge is 2.27. The highest BCUT2D eigenvalue weighted by Crippen LogP contribution is 2.33. The molecule has 0 unspecified atom stereocenters. The Morgan fingerprint density at radius 1 is 1.21 bits per heavy atom. The maximum absolute atomic E-state index is 12.2. The summed E-state index contributed by atoms with van der Waals surface area (Å²) in [4.78, 5) is 28.4. The van der Waals surface area contributed by atoms with Gasteiger partial charge in [-0.3, -0.25) is 9.69 Å². The molecule has 2 heterocycles. The smallest absolute Gasteiger partial charge is 0.341 e. The number of hydrogen-bond donors (Lipinski definition) is 2. The van der Waals surface area contributed by atoms with Crippen LogP contribution < -0.4 is 5.56 Å². The van der Waals surface area contributed by atoms with Crippen molar-refractivity contribution in [2.24, 2.45) is 7.05 Å². The van der Waals surface area contributed by atoms with Gasteiger partial charge in [0.2, 0.25) is 0 Å². The molecule has 0 saturated carbocycles. The SMILES string of the molecule is CCc1cc(C(=O)O)c(=O)[nH]c1-c1ccc2c(c1)cc(C(C)(C)N(C)C)n2C. The Morgan fingerprint density at radius 2 is 1.89 bits per heavy atom. The summed E-state index contributed by atoms with van der Waals surface area (Å²) in [5, 5.41) is 10.3. The second-order valence-corrected chi connectivity index (χ2v) is 7.89. The van der Waals surface area contributed by atoms with Gasteiger partial charge >= 0.3 is 5.97 Å². The minimum Gasteiger partial charge on any atom is -0.477 e. The minimum atomic E-state index is -1.21. The van der Waals surface area contributed by atoms with Crippen LogP contribution in [0.15, 0.2) is 35.1 Å². The molecule has 3 rings (SSSR count). The van der Waals surface area contributed by atoms with E-state index in [0.717, 1.165) is 22.0 Å². The van der Waals surface area contributed by atoms with Crippen LogP contribution in [0.5, 0.6) is 0 Å². The van der Waals surface area contributed by atoms with E-state index in [4.69, 9.17) is 0 Å². The van der Waals surface area contributed by atoms with Crippen LogP contribution >= 0.6 is 0 Å². The number of carboxylic acid groups (broad SMARTS) is 1. The third-order valence-electron chi connectivity index (χ3n) is 5.81. The third-order valence-corrected chi connectivity index (χ3v) is 5.81. The second-order valence-electron chi connectivity index (χ2n) is 7.89. The highest BCUT2D eigenvalue weighted by molar-refractivity contribution is 5.89. The normalized spacial score (nSPS) is 12.1. The molecule has 0 spiro atoms. The molecule has 2 aromatic heterocycles. The molecule has 0 saturated heterocycles. The molecule has 6 heteroatoms. The van der Waals surface area contributed by atoms with Gasteiger partial charge < -0.3 is 14.7 Å². The van der Waals surface area contributed by atoms with Crippen molar-refractivity contribution in [3.63, 3.8) is 0 Å². The summed E-state index contributed by atoms with van der Waals surface area (Å²) >= 11 is 0. The van der Waals surface area contributed by atoms with Crippen LogP contribution in [0.1, 0.15) is 42.4 Å². The minimum absolute atomic E-state index is 0.139. The van der Waals surface area contributed by atoms with Crippen molar-refractivity contribution in [1.29, 1.82) is 0 Å². The Bertz CT molecular complexity index is 1120. The number of carbonyl (C=O) groups is 1. The van der Waals surface area contributed by atoms with E-state index < -0.39 is 11.5 Å². The Morgan fingerprint density at radius 3 is 2.46 bits per heavy atom. The molecule has 0 aliphatic rings. The van der Waals surface area contributed by atoms with Crippen LogP contribution in [-0.2, 0) is 19.0 Å². The summed E-state index contributed by atoms with van der Waals surface area (Å²) in [6, 6.07) is 9.72. The Labute approximate surface area is 164 Å². The zero-order chi connectivity index (χ0) is 20.8. The molecule has 2 N–H and O–H groups in total. The number of aromatic amines is 1. The fourth-order valence-electron chi connectivity index (χ4n) is 3.59. The first-order chi connectivity index (χ1) is 13.1. The third kappa shape index (κ3) is 3.14. The van der Waals surface area contributed by atoms with E-state index in [1.165, 1.54) is 11.8 Å². The van der Waals surface area contributed by atoms with Crippen LogP contribution in [0.2, 0.25) is 0 Å². The predicted molar refractivity (Wildman–Crippen MR) is 112 cm³/mol. The molecular weight excluding hydrogens is 354 g/mol. The average molecular weight is 381 g/mol. The van der Waals surface area contributed by atoms with Crippen molar-refractivity contribution < 1.29 is 9.90 Å². The predicted octanol–water partition coefficient (Wildman–Crippen LogP) is 3.59. The van der Waals surface area contributed by atoms with Crippen molar-refractivity contribution >= 4 is 16.9 Å². The number of pyridine rings is 1. The molecule has 28 heavy (non-hydrogen) atoms.